The molecule has 0 saturated carbocycles. The first-order valence-corrected chi connectivity index (χ1v) is 14.7. The van der Waals surface area contributed by atoms with Gasteiger partial charge >= 0.3 is 0 Å². The predicted molar refractivity (Wildman–Crippen MR) is 152 cm³/mol. The van der Waals surface area contributed by atoms with Crippen molar-refractivity contribution < 1.29 is 22.4 Å². The van der Waals surface area contributed by atoms with E-state index in [1.54, 1.807) is 42.5 Å². The number of nitrogens with zero attached hydrogens (tertiary/aromatic N) is 2. The number of anilines is 1. The summed E-state index contributed by atoms with van der Waals surface area (Å²) in [6.45, 7) is 5.44. The van der Waals surface area contributed by atoms with Gasteiger partial charge in [0.2, 0.25) is 21.8 Å². The van der Waals surface area contributed by atoms with E-state index in [1.165, 1.54) is 11.0 Å². The molecule has 0 aliphatic heterocycles. The minimum Gasteiger partial charge on any atom is -0.354 e. The fraction of sp³-hybridized carbons (Fsp3) is 0.333. The standard InChI is InChI=1S/C30H36FN3O4S/c1-22(2)19-32-30(36)28(18-24-10-6-5-7-11-24)33(20-25-12-8-9-13-27(25)31)29(35)21-34(39(4,37)38)26-16-14-23(3)15-17-26/h5-17,22,28H,18-21H2,1-4H3,(H,32,36)/t28-/m0/s1. The summed E-state index contributed by atoms with van der Waals surface area (Å²) in [5, 5.41) is 2.90. The van der Waals surface area contributed by atoms with E-state index in [9.17, 15) is 22.4 Å². The lowest BCUT2D eigenvalue weighted by atomic mass is 10.0. The van der Waals surface area contributed by atoms with Crippen LogP contribution >= 0.6 is 0 Å². The molecule has 1 N–H and O–H groups in total. The zero-order chi connectivity index (χ0) is 28.6. The minimum absolute atomic E-state index is 0.171. The molecule has 0 heterocycles. The average Bonchev–Trinajstić information content (AvgIpc) is 2.89. The van der Waals surface area contributed by atoms with Gasteiger partial charge in [0.05, 0.1) is 11.9 Å². The van der Waals surface area contributed by atoms with Crippen LogP contribution in [0.2, 0.25) is 0 Å². The van der Waals surface area contributed by atoms with Gasteiger partial charge in [0.15, 0.2) is 0 Å². The maximum atomic E-state index is 14.8. The molecule has 0 saturated heterocycles. The molecule has 1 atom stereocenters. The lowest BCUT2D eigenvalue weighted by Crippen LogP contribution is -2.53. The monoisotopic (exact) mass is 553 g/mol. The number of benzene rings is 3. The molecule has 0 aliphatic carbocycles. The maximum absolute atomic E-state index is 14.8. The summed E-state index contributed by atoms with van der Waals surface area (Å²) < 4.78 is 41.3. The molecule has 0 aliphatic rings. The Morgan fingerprint density at radius 3 is 2.13 bits per heavy atom. The van der Waals surface area contributed by atoms with Crippen molar-refractivity contribution in [2.75, 3.05) is 23.7 Å². The van der Waals surface area contributed by atoms with Gasteiger partial charge < -0.3 is 10.2 Å². The van der Waals surface area contributed by atoms with Crippen LogP contribution in [0.25, 0.3) is 0 Å². The summed E-state index contributed by atoms with van der Waals surface area (Å²) in [6, 6.07) is 21.0. The number of hydrogen-bond acceptors (Lipinski definition) is 4. The second-order valence-corrected chi connectivity index (χ2v) is 12.0. The largest absolute Gasteiger partial charge is 0.354 e. The molecular formula is C30H36FN3O4S. The van der Waals surface area contributed by atoms with Crippen molar-refractivity contribution in [3.63, 3.8) is 0 Å². The van der Waals surface area contributed by atoms with Gasteiger partial charge in [0, 0.05) is 25.1 Å². The second-order valence-electron chi connectivity index (χ2n) is 10.1. The fourth-order valence-electron chi connectivity index (χ4n) is 4.11. The summed E-state index contributed by atoms with van der Waals surface area (Å²) in [5.41, 5.74) is 2.30. The molecule has 7 nitrogen and oxygen atoms in total. The Morgan fingerprint density at radius 2 is 1.54 bits per heavy atom. The van der Waals surface area contributed by atoms with E-state index in [2.05, 4.69) is 5.32 Å². The van der Waals surface area contributed by atoms with Crippen molar-refractivity contribution >= 4 is 27.5 Å². The number of amides is 2. The van der Waals surface area contributed by atoms with Crippen molar-refractivity contribution in [1.82, 2.24) is 10.2 Å². The smallest absolute Gasteiger partial charge is 0.244 e. The van der Waals surface area contributed by atoms with Gasteiger partial charge in [-0.1, -0.05) is 80.1 Å². The molecule has 0 spiro atoms. The molecule has 3 rings (SSSR count). The lowest BCUT2D eigenvalue weighted by molar-refractivity contribution is -0.140. The van der Waals surface area contributed by atoms with E-state index in [4.69, 9.17) is 0 Å². The van der Waals surface area contributed by atoms with Gasteiger partial charge in [-0.2, -0.15) is 0 Å². The Morgan fingerprint density at radius 1 is 0.923 bits per heavy atom. The van der Waals surface area contributed by atoms with Crippen LogP contribution in [0.1, 0.15) is 30.5 Å². The fourth-order valence-corrected chi connectivity index (χ4v) is 4.96. The summed E-state index contributed by atoms with van der Waals surface area (Å²) >= 11 is 0. The third-order valence-corrected chi connectivity index (χ3v) is 7.40. The molecule has 39 heavy (non-hydrogen) atoms. The molecule has 3 aromatic carbocycles. The molecular weight excluding hydrogens is 517 g/mol. The van der Waals surface area contributed by atoms with Gasteiger partial charge in [-0.05, 0) is 36.6 Å². The number of hydrogen-bond donors (Lipinski definition) is 1. The molecule has 3 aromatic rings. The number of carbonyl (C=O) groups is 2. The molecule has 2 amide bonds. The number of rotatable bonds is 12. The molecule has 0 fully saturated rings. The maximum Gasteiger partial charge on any atom is 0.244 e. The number of sulfonamides is 1. The Kier molecular flexibility index (Phi) is 10.2. The van der Waals surface area contributed by atoms with Crippen molar-refractivity contribution in [2.45, 2.75) is 39.8 Å². The third kappa shape index (κ3) is 8.64. The zero-order valence-electron chi connectivity index (χ0n) is 22.8. The van der Waals surface area contributed by atoms with Crippen molar-refractivity contribution in [3.05, 3.63) is 101 Å². The Hall–Kier alpha value is -3.72. The van der Waals surface area contributed by atoms with E-state index in [0.717, 1.165) is 21.7 Å². The third-order valence-electron chi connectivity index (χ3n) is 6.26. The van der Waals surface area contributed by atoms with Crippen LogP contribution in [0.4, 0.5) is 10.1 Å². The van der Waals surface area contributed by atoms with E-state index >= 15 is 0 Å². The second kappa shape index (κ2) is 13.4. The summed E-state index contributed by atoms with van der Waals surface area (Å²) in [5.74, 6) is -1.36. The first-order chi connectivity index (χ1) is 18.5. The highest BCUT2D eigenvalue weighted by Gasteiger charge is 2.33. The lowest BCUT2D eigenvalue weighted by Gasteiger charge is -2.33. The van der Waals surface area contributed by atoms with Gasteiger partial charge in [0.25, 0.3) is 0 Å². The van der Waals surface area contributed by atoms with Crippen LogP contribution in [0, 0.1) is 18.7 Å². The molecule has 0 bridgehead atoms. The normalized spacial score (nSPS) is 12.2. The first-order valence-electron chi connectivity index (χ1n) is 12.8. The van der Waals surface area contributed by atoms with E-state index in [0.29, 0.717) is 12.2 Å². The van der Waals surface area contributed by atoms with Gasteiger partial charge in [-0.3, -0.25) is 13.9 Å². The zero-order valence-corrected chi connectivity index (χ0v) is 23.6. The van der Waals surface area contributed by atoms with E-state index in [-0.39, 0.29) is 24.4 Å². The van der Waals surface area contributed by atoms with Crippen LogP contribution in [0.5, 0.6) is 0 Å². The van der Waals surface area contributed by atoms with Crippen LogP contribution < -0.4 is 9.62 Å². The van der Waals surface area contributed by atoms with Crippen LogP contribution in [0.3, 0.4) is 0 Å². The first kappa shape index (κ1) is 29.8. The Balaban J connectivity index is 2.05. The number of aryl methyl sites for hydroxylation is 1. The summed E-state index contributed by atoms with van der Waals surface area (Å²) in [4.78, 5) is 28.8. The van der Waals surface area contributed by atoms with Gasteiger partial charge in [-0.25, -0.2) is 12.8 Å². The molecule has 9 heteroatoms. The van der Waals surface area contributed by atoms with E-state index < -0.39 is 40.2 Å². The van der Waals surface area contributed by atoms with E-state index in [1.807, 2.05) is 51.1 Å². The van der Waals surface area contributed by atoms with Crippen LogP contribution in [-0.2, 0) is 32.6 Å². The molecule has 0 unspecified atom stereocenters. The molecule has 208 valence electrons. The van der Waals surface area contributed by atoms with Gasteiger partial charge in [-0.15, -0.1) is 0 Å². The quantitative estimate of drug-likeness (QED) is 0.362. The topological polar surface area (TPSA) is 86.8 Å². The Bertz CT molecular complexity index is 1360. The number of halogens is 1. The highest BCUT2D eigenvalue weighted by atomic mass is 32.2. The van der Waals surface area contributed by atoms with Crippen molar-refractivity contribution in [2.24, 2.45) is 5.92 Å². The number of carbonyl (C=O) groups excluding carboxylic acids is 2. The highest BCUT2D eigenvalue weighted by molar-refractivity contribution is 7.92. The summed E-state index contributed by atoms with van der Waals surface area (Å²) in [7, 11) is -3.86. The summed E-state index contributed by atoms with van der Waals surface area (Å²) in [6.07, 6.45) is 1.20. The van der Waals surface area contributed by atoms with Crippen LogP contribution in [0.15, 0.2) is 78.9 Å². The SMILES string of the molecule is Cc1ccc(N(CC(=O)N(Cc2ccccc2F)[C@@H](Cc2ccccc2)C(=O)NCC(C)C)S(C)(=O)=O)cc1. The number of nitrogens with one attached hydrogen (secondary N) is 1. The average molecular weight is 554 g/mol. The van der Waals surface area contributed by atoms with Crippen molar-refractivity contribution in [1.29, 1.82) is 0 Å². The minimum atomic E-state index is -3.86. The van der Waals surface area contributed by atoms with Gasteiger partial charge in [0.1, 0.15) is 18.4 Å². The highest BCUT2D eigenvalue weighted by Crippen LogP contribution is 2.21. The van der Waals surface area contributed by atoms with Crippen molar-refractivity contribution in [3.8, 4) is 0 Å². The van der Waals surface area contributed by atoms with Crippen LogP contribution in [-0.4, -0.2) is 50.5 Å². The Labute approximate surface area is 230 Å². The molecule has 0 radical (unpaired) electrons. The molecule has 0 aromatic heterocycles. The predicted octanol–water partition coefficient (Wildman–Crippen LogP) is 4.31.